The van der Waals surface area contributed by atoms with E-state index < -0.39 is 0 Å². The zero-order chi connectivity index (χ0) is 13.0. The summed E-state index contributed by atoms with van der Waals surface area (Å²) in [4.78, 5) is 12.2. The van der Waals surface area contributed by atoms with Crippen molar-refractivity contribution < 1.29 is 9.18 Å². The summed E-state index contributed by atoms with van der Waals surface area (Å²) in [5.41, 5.74) is 6.27. The summed E-state index contributed by atoms with van der Waals surface area (Å²) >= 11 is 0. The first-order valence-corrected chi connectivity index (χ1v) is 6.39. The molecule has 0 unspecified atom stereocenters. The lowest BCUT2D eigenvalue weighted by Crippen LogP contribution is -2.43. The largest absolute Gasteiger partial charge is 0.352 e. The van der Waals surface area contributed by atoms with Crippen molar-refractivity contribution in [1.82, 2.24) is 5.32 Å². The summed E-state index contributed by atoms with van der Waals surface area (Å²) < 4.78 is 12.7. The molecule has 0 saturated heterocycles. The molecule has 0 aromatic heterocycles. The van der Waals surface area contributed by atoms with E-state index in [4.69, 9.17) is 5.73 Å². The minimum atomic E-state index is -0.375. The second-order valence-corrected chi connectivity index (χ2v) is 5.00. The molecule has 0 heterocycles. The Kier molecular flexibility index (Phi) is 5.76. The SMILES string of the molecule is Cl.NCC1(C(=O)NCc2ccc(F)cc2)CCCC1. The van der Waals surface area contributed by atoms with E-state index in [-0.39, 0.29) is 29.5 Å². The molecule has 1 aromatic rings. The number of hydrogen-bond acceptors (Lipinski definition) is 2. The van der Waals surface area contributed by atoms with Crippen LogP contribution in [0, 0.1) is 11.2 Å². The third-order valence-electron chi connectivity index (χ3n) is 3.80. The average Bonchev–Trinajstić information content (AvgIpc) is 2.88. The summed E-state index contributed by atoms with van der Waals surface area (Å²) in [7, 11) is 0. The maximum atomic E-state index is 12.7. The van der Waals surface area contributed by atoms with Crippen molar-refractivity contribution in [3.63, 3.8) is 0 Å². The number of rotatable bonds is 4. The highest BCUT2D eigenvalue weighted by molar-refractivity contribution is 5.85. The van der Waals surface area contributed by atoms with E-state index in [1.54, 1.807) is 12.1 Å². The van der Waals surface area contributed by atoms with E-state index in [0.717, 1.165) is 31.2 Å². The second-order valence-electron chi connectivity index (χ2n) is 5.00. The van der Waals surface area contributed by atoms with Gasteiger partial charge in [0.05, 0.1) is 5.41 Å². The number of amides is 1. The van der Waals surface area contributed by atoms with Gasteiger partial charge >= 0.3 is 0 Å². The van der Waals surface area contributed by atoms with Gasteiger partial charge in [-0.05, 0) is 30.5 Å². The first-order chi connectivity index (χ1) is 8.66. The Morgan fingerprint density at radius 3 is 2.37 bits per heavy atom. The maximum absolute atomic E-state index is 12.7. The van der Waals surface area contributed by atoms with E-state index >= 15 is 0 Å². The van der Waals surface area contributed by atoms with Crippen LogP contribution in [0.25, 0.3) is 0 Å². The third kappa shape index (κ3) is 3.67. The molecule has 106 valence electrons. The summed E-state index contributed by atoms with van der Waals surface area (Å²) in [6.07, 6.45) is 3.89. The minimum Gasteiger partial charge on any atom is -0.352 e. The van der Waals surface area contributed by atoms with Crippen molar-refractivity contribution in [2.75, 3.05) is 6.54 Å². The molecule has 5 heteroatoms. The number of halogens is 2. The fraction of sp³-hybridized carbons (Fsp3) is 0.500. The van der Waals surface area contributed by atoms with Crippen molar-refractivity contribution >= 4 is 18.3 Å². The number of hydrogen-bond donors (Lipinski definition) is 2. The van der Waals surface area contributed by atoms with Gasteiger partial charge in [0.25, 0.3) is 0 Å². The Labute approximate surface area is 119 Å². The molecule has 1 aliphatic carbocycles. The van der Waals surface area contributed by atoms with Crippen LogP contribution in [0.1, 0.15) is 31.2 Å². The van der Waals surface area contributed by atoms with Crippen LogP contribution < -0.4 is 11.1 Å². The van der Waals surface area contributed by atoms with Crippen LogP contribution in [0.5, 0.6) is 0 Å². The number of benzene rings is 1. The topological polar surface area (TPSA) is 55.1 Å². The van der Waals surface area contributed by atoms with Crippen LogP contribution in [0.3, 0.4) is 0 Å². The molecule has 0 bridgehead atoms. The van der Waals surface area contributed by atoms with E-state index in [0.29, 0.717) is 13.1 Å². The van der Waals surface area contributed by atoms with Crippen molar-refractivity contribution in [2.45, 2.75) is 32.2 Å². The zero-order valence-electron chi connectivity index (χ0n) is 10.8. The van der Waals surface area contributed by atoms with Crippen LogP contribution in [0.4, 0.5) is 4.39 Å². The number of carbonyl (C=O) groups excluding carboxylic acids is 1. The lowest BCUT2D eigenvalue weighted by Gasteiger charge is -2.25. The zero-order valence-corrected chi connectivity index (χ0v) is 11.6. The summed E-state index contributed by atoms with van der Waals surface area (Å²) in [6, 6.07) is 6.16. The molecule has 2 rings (SSSR count). The lowest BCUT2D eigenvalue weighted by molar-refractivity contribution is -0.130. The number of nitrogens with two attached hydrogens (primary N) is 1. The average molecular weight is 287 g/mol. The van der Waals surface area contributed by atoms with E-state index in [1.165, 1.54) is 12.1 Å². The van der Waals surface area contributed by atoms with Gasteiger partial charge in [-0.15, -0.1) is 12.4 Å². The van der Waals surface area contributed by atoms with Crippen LogP contribution in [-0.4, -0.2) is 12.5 Å². The van der Waals surface area contributed by atoms with Crippen LogP contribution in [0.15, 0.2) is 24.3 Å². The predicted octanol–water partition coefficient (Wildman–Crippen LogP) is 2.38. The molecule has 1 aliphatic rings. The maximum Gasteiger partial charge on any atom is 0.227 e. The van der Waals surface area contributed by atoms with E-state index in [1.807, 2.05) is 0 Å². The van der Waals surface area contributed by atoms with Gasteiger partial charge in [-0.3, -0.25) is 4.79 Å². The quantitative estimate of drug-likeness (QED) is 0.893. The second kappa shape index (κ2) is 6.87. The van der Waals surface area contributed by atoms with E-state index in [9.17, 15) is 9.18 Å². The molecule has 0 radical (unpaired) electrons. The third-order valence-corrected chi connectivity index (χ3v) is 3.80. The van der Waals surface area contributed by atoms with Gasteiger partial charge in [0.1, 0.15) is 5.82 Å². The number of carbonyl (C=O) groups is 1. The highest BCUT2D eigenvalue weighted by atomic mass is 35.5. The molecular weight excluding hydrogens is 267 g/mol. The standard InChI is InChI=1S/C14H19FN2O.ClH/c15-12-5-3-11(4-6-12)9-17-13(18)14(10-16)7-1-2-8-14;/h3-6H,1-2,7-10,16H2,(H,17,18);1H. The van der Waals surface area contributed by atoms with Gasteiger partial charge in [-0.1, -0.05) is 25.0 Å². The molecule has 19 heavy (non-hydrogen) atoms. The van der Waals surface area contributed by atoms with Crippen molar-refractivity contribution in [3.05, 3.63) is 35.6 Å². The Balaban J connectivity index is 0.00000180. The van der Waals surface area contributed by atoms with Crippen molar-refractivity contribution in [2.24, 2.45) is 11.1 Å². The van der Waals surface area contributed by atoms with Crippen molar-refractivity contribution in [1.29, 1.82) is 0 Å². The fourth-order valence-electron chi connectivity index (χ4n) is 2.55. The van der Waals surface area contributed by atoms with Gasteiger partial charge in [-0.2, -0.15) is 0 Å². The molecule has 1 aromatic carbocycles. The smallest absolute Gasteiger partial charge is 0.227 e. The molecule has 1 fully saturated rings. The van der Waals surface area contributed by atoms with Gasteiger partial charge < -0.3 is 11.1 Å². The first kappa shape index (κ1) is 15.9. The van der Waals surface area contributed by atoms with Crippen LogP contribution in [-0.2, 0) is 11.3 Å². The minimum absolute atomic E-state index is 0. The Morgan fingerprint density at radius 2 is 1.84 bits per heavy atom. The Bertz CT molecular complexity index is 416. The molecular formula is C14H20ClFN2O. The molecule has 0 atom stereocenters. The molecule has 1 amide bonds. The normalized spacial score (nSPS) is 16.7. The number of nitrogens with one attached hydrogen (secondary N) is 1. The molecule has 1 saturated carbocycles. The fourth-order valence-corrected chi connectivity index (χ4v) is 2.55. The molecule has 0 aliphatic heterocycles. The highest BCUT2D eigenvalue weighted by Gasteiger charge is 2.39. The molecule has 0 spiro atoms. The monoisotopic (exact) mass is 286 g/mol. The Morgan fingerprint density at radius 1 is 1.26 bits per heavy atom. The Hall–Kier alpha value is -1.13. The summed E-state index contributed by atoms with van der Waals surface area (Å²) in [5.74, 6) is -0.230. The first-order valence-electron chi connectivity index (χ1n) is 6.39. The summed E-state index contributed by atoms with van der Waals surface area (Å²) in [6.45, 7) is 0.836. The van der Waals surface area contributed by atoms with Gasteiger partial charge in [0.2, 0.25) is 5.91 Å². The van der Waals surface area contributed by atoms with Gasteiger partial charge in [-0.25, -0.2) is 4.39 Å². The van der Waals surface area contributed by atoms with Crippen LogP contribution in [0.2, 0.25) is 0 Å². The van der Waals surface area contributed by atoms with Gasteiger partial charge in [0.15, 0.2) is 0 Å². The van der Waals surface area contributed by atoms with Gasteiger partial charge in [0, 0.05) is 13.1 Å². The highest BCUT2D eigenvalue weighted by Crippen LogP contribution is 2.37. The van der Waals surface area contributed by atoms with Crippen molar-refractivity contribution in [3.8, 4) is 0 Å². The van der Waals surface area contributed by atoms with E-state index in [2.05, 4.69) is 5.32 Å². The summed E-state index contributed by atoms with van der Waals surface area (Å²) in [5, 5.41) is 2.91. The predicted molar refractivity (Wildman–Crippen MR) is 75.5 cm³/mol. The van der Waals surface area contributed by atoms with Crippen LogP contribution >= 0.6 is 12.4 Å². The molecule has 3 nitrogen and oxygen atoms in total. The lowest BCUT2D eigenvalue weighted by atomic mass is 9.85. The molecule has 3 N–H and O–H groups in total.